The molecule has 0 bridgehead atoms. The molecule has 1 aromatic carbocycles. The maximum atomic E-state index is 12.8. The summed E-state index contributed by atoms with van der Waals surface area (Å²) >= 11 is 3.77. The van der Waals surface area contributed by atoms with Crippen molar-refractivity contribution in [2.75, 3.05) is 12.4 Å². The number of carbonyl (C=O) groups is 1. The van der Waals surface area contributed by atoms with Crippen molar-refractivity contribution in [2.24, 2.45) is 5.92 Å². The molecule has 0 fully saturated rings. The monoisotopic (exact) mass is 470 g/mol. The SMILES string of the molecule is COc1cc([C@H]2NC(=O)c3c(sc4c3CC[C@H](C)C4)N2)cc(I)c1O. The van der Waals surface area contributed by atoms with Crippen LogP contribution in [0.5, 0.6) is 11.5 Å². The van der Waals surface area contributed by atoms with Crippen LogP contribution in [0.4, 0.5) is 5.00 Å². The van der Waals surface area contributed by atoms with E-state index in [-0.39, 0.29) is 17.8 Å². The average Bonchev–Trinajstić information content (AvgIpc) is 2.94. The number of thiophene rings is 1. The Bertz CT molecular complexity index is 864. The number of ether oxygens (including phenoxy) is 1. The Kier molecular flexibility index (Phi) is 4.31. The van der Waals surface area contributed by atoms with Gasteiger partial charge >= 0.3 is 0 Å². The number of aromatic hydroxyl groups is 1. The minimum absolute atomic E-state index is 0.0205. The Morgan fingerprint density at radius 1 is 1.36 bits per heavy atom. The third-order valence-corrected chi connectivity index (χ3v) is 6.90. The molecule has 7 heteroatoms. The van der Waals surface area contributed by atoms with Crippen LogP contribution in [-0.2, 0) is 12.8 Å². The van der Waals surface area contributed by atoms with Crippen LogP contribution in [0.15, 0.2) is 12.1 Å². The molecule has 5 nitrogen and oxygen atoms in total. The van der Waals surface area contributed by atoms with E-state index in [0.29, 0.717) is 15.2 Å². The molecule has 132 valence electrons. The number of anilines is 1. The van der Waals surface area contributed by atoms with Gasteiger partial charge in [0.1, 0.15) is 11.2 Å². The highest BCUT2D eigenvalue weighted by Gasteiger charge is 2.33. The fourth-order valence-electron chi connectivity index (χ4n) is 3.55. The molecule has 0 unspecified atom stereocenters. The zero-order valence-electron chi connectivity index (χ0n) is 14.0. The lowest BCUT2D eigenvalue weighted by molar-refractivity contribution is 0.0935. The molecule has 2 aromatic rings. The second-order valence-corrected chi connectivity index (χ2v) is 8.93. The Balaban J connectivity index is 1.71. The van der Waals surface area contributed by atoms with Crippen LogP contribution in [0, 0.1) is 9.49 Å². The molecule has 2 atom stereocenters. The molecule has 0 radical (unpaired) electrons. The zero-order valence-corrected chi connectivity index (χ0v) is 17.0. The Labute approximate surface area is 163 Å². The third kappa shape index (κ3) is 2.87. The molecule has 1 aromatic heterocycles. The van der Waals surface area contributed by atoms with Crippen LogP contribution in [0.1, 0.15) is 45.9 Å². The van der Waals surface area contributed by atoms with Gasteiger partial charge in [0, 0.05) is 4.88 Å². The Morgan fingerprint density at radius 3 is 2.92 bits per heavy atom. The molecule has 2 heterocycles. The van der Waals surface area contributed by atoms with Crippen LogP contribution in [0.2, 0.25) is 0 Å². The summed E-state index contributed by atoms with van der Waals surface area (Å²) in [4.78, 5) is 14.1. The quantitative estimate of drug-likeness (QED) is 0.580. The van der Waals surface area contributed by atoms with Crippen molar-refractivity contribution in [3.05, 3.63) is 37.3 Å². The summed E-state index contributed by atoms with van der Waals surface area (Å²) in [6, 6.07) is 3.62. The number of methoxy groups -OCH3 is 1. The van der Waals surface area contributed by atoms with E-state index in [0.717, 1.165) is 35.4 Å². The third-order valence-electron chi connectivity index (χ3n) is 4.89. The summed E-state index contributed by atoms with van der Waals surface area (Å²) in [7, 11) is 1.52. The van der Waals surface area contributed by atoms with Crippen LogP contribution in [-0.4, -0.2) is 18.1 Å². The van der Waals surface area contributed by atoms with Gasteiger partial charge in [-0.15, -0.1) is 11.3 Å². The lowest BCUT2D eigenvalue weighted by Gasteiger charge is -2.27. The lowest BCUT2D eigenvalue weighted by atomic mass is 9.88. The smallest absolute Gasteiger partial charge is 0.256 e. The van der Waals surface area contributed by atoms with E-state index in [2.05, 4.69) is 40.1 Å². The highest BCUT2D eigenvalue weighted by molar-refractivity contribution is 14.1. The highest BCUT2D eigenvalue weighted by Crippen LogP contribution is 2.43. The number of phenols is 1. The number of nitrogens with one attached hydrogen (secondary N) is 2. The number of benzene rings is 1. The molecule has 3 N–H and O–H groups in total. The molecular formula is C18H19IN2O3S. The topological polar surface area (TPSA) is 70.6 Å². The number of hydrogen-bond acceptors (Lipinski definition) is 5. The Hall–Kier alpha value is -1.48. The predicted molar refractivity (Wildman–Crippen MR) is 107 cm³/mol. The highest BCUT2D eigenvalue weighted by atomic mass is 127. The number of hydrogen-bond donors (Lipinski definition) is 3. The van der Waals surface area contributed by atoms with E-state index < -0.39 is 0 Å². The summed E-state index contributed by atoms with van der Waals surface area (Å²) in [5.74, 6) is 1.18. The molecule has 0 saturated carbocycles. The van der Waals surface area contributed by atoms with Gasteiger partial charge in [-0.2, -0.15) is 0 Å². The largest absolute Gasteiger partial charge is 0.504 e. The zero-order chi connectivity index (χ0) is 17.7. The first-order chi connectivity index (χ1) is 12.0. The minimum atomic E-state index is -0.333. The number of amides is 1. The summed E-state index contributed by atoms with van der Waals surface area (Å²) in [5.41, 5.74) is 2.90. The second kappa shape index (κ2) is 6.35. The maximum absolute atomic E-state index is 12.8. The molecule has 4 rings (SSSR count). The first kappa shape index (κ1) is 17.0. The summed E-state index contributed by atoms with van der Waals surface area (Å²) in [6.45, 7) is 2.27. The van der Waals surface area contributed by atoms with E-state index in [1.165, 1.54) is 17.6 Å². The molecule has 0 saturated heterocycles. The van der Waals surface area contributed by atoms with E-state index in [4.69, 9.17) is 4.74 Å². The lowest BCUT2D eigenvalue weighted by Crippen LogP contribution is -2.38. The van der Waals surface area contributed by atoms with Crippen molar-refractivity contribution < 1.29 is 14.6 Å². The van der Waals surface area contributed by atoms with Gasteiger partial charge in [0.2, 0.25) is 0 Å². The number of phenolic OH excluding ortho intramolecular Hbond substituents is 1. The van der Waals surface area contributed by atoms with Gasteiger partial charge in [0.05, 0.1) is 16.2 Å². The minimum Gasteiger partial charge on any atom is -0.504 e. The van der Waals surface area contributed by atoms with Crippen LogP contribution < -0.4 is 15.4 Å². The normalized spacial score (nSPS) is 21.8. The van der Waals surface area contributed by atoms with Crippen molar-refractivity contribution in [1.29, 1.82) is 0 Å². The molecule has 1 aliphatic heterocycles. The molecule has 1 aliphatic carbocycles. The molecule has 0 spiro atoms. The summed E-state index contributed by atoms with van der Waals surface area (Å²) in [6.07, 6.45) is 2.84. The number of carbonyl (C=O) groups excluding carboxylic acids is 1. The van der Waals surface area contributed by atoms with Crippen molar-refractivity contribution >= 4 is 44.8 Å². The first-order valence-electron chi connectivity index (χ1n) is 8.26. The van der Waals surface area contributed by atoms with Gasteiger partial charge in [-0.25, -0.2) is 0 Å². The number of halogens is 1. The van der Waals surface area contributed by atoms with Crippen molar-refractivity contribution in [2.45, 2.75) is 32.4 Å². The van der Waals surface area contributed by atoms with E-state index in [1.807, 2.05) is 6.07 Å². The Morgan fingerprint density at radius 2 is 2.16 bits per heavy atom. The van der Waals surface area contributed by atoms with Gasteiger partial charge in [-0.05, 0) is 71.0 Å². The van der Waals surface area contributed by atoms with E-state index >= 15 is 0 Å². The summed E-state index contributed by atoms with van der Waals surface area (Å²) < 4.78 is 5.93. The van der Waals surface area contributed by atoms with Gasteiger partial charge in [-0.1, -0.05) is 6.92 Å². The fraction of sp³-hybridized carbons (Fsp3) is 0.389. The molecule has 1 amide bonds. The fourth-order valence-corrected chi connectivity index (χ4v) is 5.61. The van der Waals surface area contributed by atoms with E-state index in [1.54, 1.807) is 17.4 Å². The predicted octanol–water partition coefficient (Wildman–Crippen LogP) is 4.05. The maximum Gasteiger partial charge on any atom is 0.256 e. The summed E-state index contributed by atoms with van der Waals surface area (Å²) in [5, 5.41) is 17.5. The average molecular weight is 470 g/mol. The molecular weight excluding hydrogens is 451 g/mol. The molecule has 2 aliphatic rings. The number of fused-ring (bicyclic) bond motifs is 3. The van der Waals surface area contributed by atoms with Gasteiger partial charge in [0.25, 0.3) is 5.91 Å². The van der Waals surface area contributed by atoms with Crippen LogP contribution in [0.3, 0.4) is 0 Å². The van der Waals surface area contributed by atoms with Crippen LogP contribution >= 0.6 is 33.9 Å². The second-order valence-electron chi connectivity index (χ2n) is 6.66. The van der Waals surface area contributed by atoms with Crippen molar-refractivity contribution in [3.8, 4) is 11.5 Å². The standard InChI is InChI=1S/C18H19IN2O3S/c1-8-3-4-10-13(5-8)25-18-14(10)17(23)20-16(21-18)9-6-11(19)15(22)12(7-9)24-2/h6-8,16,21-22H,3-5H2,1-2H3,(H,20,23)/t8-,16-/m0/s1. The van der Waals surface area contributed by atoms with Gasteiger partial charge in [0.15, 0.2) is 11.5 Å². The number of rotatable bonds is 2. The van der Waals surface area contributed by atoms with E-state index in [9.17, 15) is 9.90 Å². The van der Waals surface area contributed by atoms with Crippen molar-refractivity contribution in [3.63, 3.8) is 0 Å². The van der Waals surface area contributed by atoms with Crippen molar-refractivity contribution in [1.82, 2.24) is 5.32 Å². The van der Waals surface area contributed by atoms with Crippen LogP contribution in [0.25, 0.3) is 0 Å². The van der Waals surface area contributed by atoms with Gasteiger partial charge in [-0.3, -0.25) is 4.79 Å². The molecule has 25 heavy (non-hydrogen) atoms. The van der Waals surface area contributed by atoms with Gasteiger partial charge < -0.3 is 20.5 Å². The first-order valence-corrected chi connectivity index (χ1v) is 10.2.